The Balaban J connectivity index is 1.94. The van der Waals surface area contributed by atoms with Crippen LogP contribution in [-0.2, 0) is 10.0 Å². The Hall–Kier alpha value is -1.73. The van der Waals surface area contributed by atoms with Crippen LogP contribution in [0.5, 0.6) is 0 Å². The number of carbonyl (C=O) groups excluding carboxylic acids is 2. The number of imide groups is 1. The Morgan fingerprint density at radius 3 is 2.43 bits per heavy atom. The average Bonchev–Trinajstić information content (AvgIpc) is 3.25. The first-order valence-corrected chi connectivity index (χ1v) is 8.28. The van der Waals surface area contributed by atoms with E-state index in [9.17, 15) is 18.0 Å². The van der Waals surface area contributed by atoms with Gasteiger partial charge in [-0.2, -0.15) is 0 Å². The molecule has 6 nitrogen and oxygen atoms in total. The number of nitrogens with zero attached hydrogens (tertiary/aromatic N) is 1. The second-order valence-corrected chi connectivity index (χ2v) is 7.34. The fourth-order valence-corrected chi connectivity index (χ4v) is 3.85. The van der Waals surface area contributed by atoms with Crippen molar-refractivity contribution < 1.29 is 18.0 Å². The van der Waals surface area contributed by atoms with E-state index in [1.165, 1.54) is 25.2 Å². The molecule has 1 N–H and O–H groups in total. The number of fused-ring (bicyclic) bond motifs is 1. The lowest BCUT2D eigenvalue weighted by atomic mass is 10.1. The van der Waals surface area contributed by atoms with Crippen LogP contribution in [-0.4, -0.2) is 38.2 Å². The molecule has 1 atom stereocenters. The molecule has 1 aliphatic carbocycles. The van der Waals surface area contributed by atoms with Gasteiger partial charge in [0.05, 0.1) is 16.0 Å². The van der Waals surface area contributed by atoms with E-state index in [1.807, 2.05) is 6.92 Å². The molecule has 1 unspecified atom stereocenters. The first-order chi connectivity index (χ1) is 9.81. The molecular weight excluding hydrogens is 292 g/mol. The lowest BCUT2D eigenvalue weighted by Gasteiger charge is -2.13. The topological polar surface area (TPSA) is 83.6 Å². The lowest BCUT2D eigenvalue weighted by Crippen LogP contribution is -2.34. The SMILES string of the molecule is CC(NS(=O)(=O)c1ccc2c(c1)C(=O)N(C)C2=O)C1CC1. The van der Waals surface area contributed by atoms with E-state index >= 15 is 0 Å². The predicted octanol–water partition coefficient (Wildman–Crippen LogP) is 0.989. The quantitative estimate of drug-likeness (QED) is 0.841. The molecule has 1 fully saturated rings. The second kappa shape index (κ2) is 4.64. The zero-order chi connectivity index (χ0) is 15.4. The van der Waals surface area contributed by atoms with E-state index in [0.717, 1.165) is 17.7 Å². The first kappa shape index (κ1) is 14.2. The molecular formula is C14H16N2O4S. The van der Waals surface area contributed by atoms with Crippen molar-refractivity contribution in [3.8, 4) is 0 Å². The van der Waals surface area contributed by atoms with Gasteiger partial charge in [0.15, 0.2) is 0 Å². The summed E-state index contributed by atoms with van der Waals surface area (Å²) in [7, 11) is -2.30. The third kappa shape index (κ3) is 2.36. The standard InChI is InChI=1S/C14H16N2O4S/c1-8(9-3-4-9)15-21(19,20)10-5-6-11-12(7-10)14(18)16(2)13(11)17/h5-9,15H,3-4H2,1-2H3. The van der Waals surface area contributed by atoms with Gasteiger partial charge in [-0.15, -0.1) is 0 Å². The zero-order valence-corrected chi connectivity index (χ0v) is 12.6. The maximum absolute atomic E-state index is 12.3. The maximum atomic E-state index is 12.3. The number of hydrogen-bond acceptors (Lipinski definition) is 4. The van der Waals surface area contributed by atoms with Crippen LogP contribution >= 0.6 is 0 Å². The molecule has 112 valence electrons. The van der Waals surface area contributed by atoms with Crippen LogP contribution in [0.15, 0.2) is 23.1 Å². The molecule has 0 bridgehead atoms. The Morgan fingerprint density at radius 1 is 1.19 bits per heavy atom. The van der Waals surface area contributed by atoms with Crippen molar-refractivity contribution in [2.45, 2.75) is 30.7 Å². The first-order valence-electron chi connectivity index (χ1n) is 6.80. The van der Waals surface area contributed by atoms with E-state index in [4.69, 9.17) is 0 Å². The van der Waals surface area contributed by atoms with Gasteiger partial charge in [0.1, 0.15) is 0 Å². The van der Waals surface area contributed by atoms with Gasteiger partial charge in [-0.25, -0.2) is 13.1 Å². The second-order valence-electron chi connectivity index (χ2n) is 5.62. The molecule has 0 spiro atoms. The normalized spacial score (nSPS) is 19.8. The number of hydrogen-bond donors (Lipinski definition) is 1. The Labute approximate surface area is 123 Å². The molecule has 0 aromatic heterocycles. The number of sulfonamides is 1. The van der Waals surface area contributed by atoms with Gasteiger partial charge in [0.25, 0.3) is 11.8 Å². The fourth-order valence-electron chi connectivity index (χ4n) is 2.51. The van der Waals surface area contributed by atoms with Crippen LogP contribution in [0.3, 0.4) is 0 Å². The van der Waals surface area contributed by atoms with Crippen molar-refractivity contribution in [1.82, 2.24) is 9.62 Å². The summed E-state index contributed by atoms with van der Waals surface area (Å²) in [5.41, 5.74) is 0.390. The van der Waals surface area contributed by atoms with Crippen LogP contribution in [0.25, 0.3) is 0 Å². The van der Waals surface area contributed by atoms with Gasteiger partial charge in [-0.05, 0) is 43.9 Å². The third-order valence-corrected chi connectivity index (χ3v) is 5.60. The summed E-state index contributed by atoms with van der Waals surface area (Å²) in [5.74, 6) is -0.482. The van der Waals surface area contributed by atoms with Crippen molar-refractivity contribution in [3.05, 3.63) is 29.3 Å². The highest BCUT2D eigenvalue weighted by molar-refractivity contribution is 7.89. The van der Waals surface area contributed by atoms with E-state index in [0.29, 0.717) is 5.92 Å². The van der Waals surface area contributed by atoms with Gasteiger partial charge in [-0.3, -0.25) is 14.5 Å². The molecule has 1 aromatic carbocycles. The molecule has 1 aliphatic heterocycles. The third-order valence-electron chi connectivity index (χ3n) is 4.04. The molecule has 2 amide bonds. The van der Waals surface area contributed by atoms with E-state index in [-0.39, 0.29) is 22.1 Å². The van der Waals surface area contributed by atoms with Crippen molar-refractivity contribution in [2.24, 2.45) is 5.92 Å². The summed E-state index contributed by atoms with van der Waals surface area (Å²) in [4.78, 5) is 24.7. The Kier molecular flexibility index (Phi) is 3.14. The van der Waals surface area contributed by atoms with Crippen LogP contribution in [0, 0.1) is 5.92 Å². The van der Waals surface area contributed by atoms with Gasteiger partial charge in [0.2, 0.25) is 10.0 Å². The van der Waals surface area contributed by atoms with Gasteiger partial charge < -0.3 is 0 Å². The van der Waals surface area contributed by atoms with Crippen molar-refractivity contribution >= 4 is 21.8 Å². The molecule has 0 radical (unpaired) electrons. The monoisotopic (exact) mass is 308 g/mol. The molecule has 2 aliphatic rings. The summed E-state index contributed by atoms with van der Waals surface area (Å²) < 4.78 is 27.3. The van der Waals surface area contributed by atoms with E-state index in [1.54, 1.807) is 0 Å². The fraction of sp³-hybridized carbons (Fsp3) is 0.429. The summed E-state index contributed by atoms with van der Waals surface area (Å²) in [5, 5.41) is 0. The summed E-state index contributed by atoms with van der Waals surface area (Å²) in [6, 6.07) is 3.92. The molecule has 1 aromatic rings. The smallest absolute Gasteiger partial charge is 0.261 e. The minimum Gasteiger partial charge on any atom is -0.277 e. The lowest BCUT2D eigenvalue weighted by molar-refractivity contribution is 0.0693. The summed E-state index contributed by atoms with van der Waals surface area (Å²) in [6.45, 7) is 1.84. The van der Waals surface area contributed by atoms with E-state index < -0.39 is 21.8 Å². The van der Waals surface area contributed by atoms with Crippen LogP contribution in [0.1, 0.15) is 40.5 Å². The van der Waals surface area contributed by atoms with Gasteiger partial charge in [-0.1, -0.05) is 0 Å². The molecule has 0 saturated heterocycles. The maximum Gasteiger partial charge on any atom is 0.261 e. The largest absolute Gasteiger partial charge is 0.277 e. The molecule has 21 heavy (non-hydrogen) atoms. The number of rotatable bonds is 4. The Morgan fingerprint density at radius 2 is 1.81 bits per heavy atom. The van der Waals surface area contributed by atoms with Crippen molar-refractivity contribution in [3.63, 3.8) is 0 Å². The van der Waals surface area contributed by atoms with Crippen LogP contribution in [0.2, 0.25) is 0 Å². The van der Waals surface area contributed by atoms with Gasteiger partial charge in [0, 0.05) is 13.1 Å². The van der Waals surface area contributed by atoms with Gasteiger partial charge >= 0.3 is 0 Å². The summed E-state index contributed by atoms with van der Waals surface area (Å²) >= 11 is 0. The predicted molar refractivity (Wildman–Crippen MR) is 75.4 cm³/mol. The Bertz CT molecular complexity index is 737. The summed E-state index contributed by atoms with van der Waals surface area (Å²) in [6.07, 6.45) is 2.07. The minimum atomic E-state index is -3.68. The molecule has 1 saturated carbocycles. The number of amides is 2. The van der Waals surface area contributed by atoms with Crippen molar-refractivity contribution in [1.29, 1.82) is 0 Å². The minimum absolute atomic E-state index is 0.0187. The average molecular weight is 308 g/mol. The van der Waals surface area contributed by atoms with Crippen LogP contribution < -0.4 is 4.72 Å². The highest BCUT2D eigenvalue weighted by Crippen LogP contribution is 2.33. The molecule has 1 heterocycles. The number of benzene rings is 1. The highest BCUT2D eigenvalue weighted by atomic mass is 32.2. The van der Waals surface area contributed by atoms with Crippen molar-refractivity contribution in [2.75, 3.05) is 7.05 Å². The molecule has 3 rings (SSSR count). The molecule has 7 heteroatoms. The highest BCUT2D eigenvalue weighted by Gasteiger charge is 2.35. The number of carbonyl (C=O) groups is 2. The van der Waals surface area contributed by atoms with E-state index in [2.05, 4.69) is 4.72 Å². The zero-order valence-electron chi connectivity index (χ0n) is 11.8. The number of nitrogens with one attached hydrogen (secondary N) is 1. The van der Waals surface area contributed by atoms with Crippen LogP contribution in [0.4, 0.5) is 0 Å².